The van der Waals surface area contributed by atoms with Gasteiger partial charge in [-0.05, 0) is 45.0 Å². The summed E-state index contributed by atoms with van der Waals surface area (Å²) in [5.41, 5.74) is 2.66. The Labute approximate surface area is 142 Å². The summed E-state index contributed by atoms with van der Waals surface area (Å²) in [6.07, 6.45) is 3.70. The van der Waals surface area contributed by atoms with Crippen LogP contribution < -0.4 is 4.90 Å². The minimum Gasteiger partial charge on any atom is -0.306 e. The molecule has 0 spiro atoms. The van der Waals surface area contributed by atoms with Gasteiger partial charge in [-0.2, -0.15) is 10.5 Å². The summed E-state index contributed by atoms with van der Waals surface area (Å²) in [6.45, 7) is 5.50. The maximum Gasteiger partial charge on any atom is 0.261 e. The summed E-state index contributed by atoms with van der Waals surface area (Å²) in [5.74, 6) is -0.231. The highest BCUT2D eigenvalue weighted by Gasteiger charge is 2.35. The molecule has 5 heteroatoms. The second kappa shape index (κ2) is 6.86. The van der Waals surface area contributed by atoms with Crippen molar-refractivity contribution < 1.29 is 4.79 Å². The number of nitrogens with zero attached hydrogens (tertiary/aromatic N) is 4. The van der Waals surface area contributed by atoms with Crippen molar-refractivity contribution in [2.24, 2.45) is 0 Å². The summed E-state index contributed by atoms with van der Waals surface area (Å²) in [4.78, 5) is 16.9. The third-order valence-corrected chi connectivity index (χ3v) is 4.73. The lowest BCUT2D eigenvalue weighted by Crippen LogP contribution is -2.39. The van der Waals surface area contributed by atoms with E-state index in [9.17, 15) is 15.3 Å². The molecule has 122 valence electrons. The number of fused-ring (bicyclic) bond motifs is 1. The fourth-order valence-electron chi connectivity index (χ4n) is 3.47. The number of hydrogen-bond donors (Lipinski definition) is 0. The van der Waals surface area contributed by atoms with Gasteiger partial charge in [-0.1, -0.05) is 18.1 Å². The molecule has 0 N–H and O–H groups in total. The monoisotopic (exact) mass is 320 g/mol. The number of amides is 1. The van der Waals surface area contributed by atoms with Crippen LogP contribution in [0.1, 0.15) is 30.4 Å². The van der Waals surface area contributed by atoms with E-state index in [1.807, 2.05) is 37.3 Å². The maximum absolute atomic E-state index is 12.9. The molecule has 1 saturated heterocycles. The third kappa shape index (κ3) is 2.91. The van der Waals surface area contributed by atoms with Crippen molar-refractivity contribution in [3.05, 3.63) is 34.9 Å². The smallest absolute Gasteiger partial charge is 0.261 e. The molecule has 0 aliphatic carbocycles. The lowest BCUT2D eigenvalue weighted by Gasteiger charge is -2.28. The van der Waals surface area contributed by atoms with Gasteiger partial charge in [0.25, 0.3) is 5.91 Å². The van der Waals surface area contributed by atoms with Crippen molar-refractivity contribution in [3.63, 3.8) is 0 Å². The summed E-state index contributed by atoms with van der Waals surface area (Å²) in [5, 5.41) is 18.4. The fourth-order valence-corrected chi connectivity index (χ4v) is 3.47. The van der Waals surface area contributed by atoms with Gasteiger partial charge >= 0.3 is 0 Å². The van der Waals surface area contributed by atoms with Crippen molar-refractivity contribution >= 4 is 17.2 Å². The Morgan fingerprint density at radius 2 is 1.83 bits per heavy atom. The normalized spacial score (nSPS) is 17.4. The molecule has 3 rings (SSSR count). The van der Waals surface area contributed by atoms with Gasteiger partial charge in [0.05, 0.1) is 11.3 Å². The van der Waals surface area contributed by atoms with Crippen molar-refractivity contribution in [3.8, 4) is 12.1 Å². The minimum atomic E-state index is -0.231. The molecular weight excluding hydrogens is 300 g/mol. The molecule has 1 aromatic rings. The Balaban J connectivity index is 1.92. The average Bonchev–Trinajstić information content (AvgIpc) is 2.87. The second-order valence-corrected chi connectivity index (χ2v) is 6.35. The van der Waals surface area contributed by atoms with Crippen LogP contribution in [0.25, 0.3) is 5.57 Å². The van der Waals surface area contributed by atoms with Gasteiger partial charge in [-0.25, -0.2) is 0 Å². The molecule has 2 heterocycles. The van der Waals surface area contributed by atoms with E-state index in [-0.39, 0.29) is 17.1 Å². The van der Waals surface area contributed by atoms with E-state index in [2.05, 4.69) is 4.90 Å². The average molecular weight is 320 g/mol. The van der Waals surface area contributed by atoms with E-state index in [1.165, 1.54) is 19.3 Å². The fraction of sp³-hybridized carbons (Fsp3) is 0.421. The molecule has 0 aromatic heterocycles. The number of carbonyl (C=O) groups excluding carboxylic acids is 1. The molecule has 5 nitrogen and oxygen atoms in total. The van der Waals surface area contributed by atoms with Gasteiger partial charge in [-0.3, -0.25) is 4.79 Å². The molecule has 1 fully saturated rings. The van der Waals surface area contributed by atoms with Gasteiger partial charge in [-0.15, -0.1) is 0 Å². The first-order valence-electron chi connectivity index (χ1n) is 8.35. The number of allylic oxidation sites excluding steroid dienone is 1. The molecule has 2 aliphatic rings. The Kier molecular flexibility index (Phi) is 4.64. The van der Waals surface area contributed by atoms with Crippen LogP contribution >= 0.6 is 0 Å². The Morgan fingerprint density at radius 3 is 2.50 bits per heavy atom. The van der Waals surface area contributed by atoms with Gasteiger partial charge in [0.1, 0.15) is 17.7 Å². The molecule has 2 aliphatic heterocycles. The molecule has 0 bridgehead atoms. The SMILES string of the molecule is Cc1ccc2c(c1)C(=C(C#N)C#N)C(=O)N2CCN1CCCCC1. The van der Waals surface area contributed by atoms with E-state index in [1.54, 1.807) is 4.90 Å². The van der Waals surface area contributed by atoms with E-state index < -0.39 is 0 Å². The summed E-state index contributed by atoms with van der Waals surface area (Å²) < 4.78 is 0. The Hall–Kier alpha value is -2.63. The standard InChI is InChI=1S/C19H20N4O/c1-14-5-6-17-16(11-14)18(15(12-20)13-21)19(24)23(17)10-9-22-7-3-2-4-8-22/h5-6,11H,2-4,7-10H2,1H3. The number of rotatable bonds is 3. The number of piperidine rings is 1. The van der Waals surface area contributed by atoms with Crippen LogP contribution in [0.15, 0.2) is 23.8 Å². The zero-order valence-electron chi connectivity index (χ0n) is 13.9. The van der Waals surface area contributed by atoms with Crippen molar-refractivity contribution in [2.75, 3.05) is 31.1 Å². The molecular formula is C19H20N4O. The first kappa shape index (κ1) is 16.2. The minimum absolute atomic E-state index is 0.104. The van der Waals surface area contributed by atoms with E-state index >= 15 is 0 Å². The highest BCUT2D eigenvalue weighted by atomic mass is 16.2. The number of benzene rings is 1. The van der Waals surface area contributed by atoms with Gasteiger partial charge < -0.3 is 9.80 Å². The predicted molar refractivity (Wildman–Crippen MR) is 92.0 cm³/mol. The van der Waals surface area contributed by atoms with E-state index in [0.717, 1.165) is 30.9 Å². The van der Waals surface area contributed by atoms with Crippen molar-refractivity contribution in [2.45, 2.75) is 26.2 Å². The molecule has 1 amide bonds. The van der Waals surface area contributed by atoms with Crippen LogP contribution in [-0.2, 0) is 4.79 Å². The first-order valence-corrected chi connectivity index (χ1v) is 8.35. The number of aryl methyl sites for hydroxylation is 1. The number of carbonyl (C=O) groups is 1. The third-order valence-electron chi connectivity index (χ3n) is 4.73. The van der Waals surface area contributed by atoms with Gasteiger partial charge in [0.2, 0.25) is 0 Å². The Morgan fingerprint density at radius 1 is 1.12 bits per heavy atom. The molecule has 0 unspecified atom stereocenters. The van der Waals surface area contributed by atoms with Crippen LogP contribution in [0.2, 0.25) is 0 Å². The number of nitriles is 2. The van der Waals surface area contributed by atoms with Crippen molar-refractivity contribution in [1.29, 1.82) is 10.5 Å². The van der Waals surface area contributed by atoms with E-state index in [4.69, 9.17) is 0 Å². The second-order valence-electron chi connectivity index (χ2n) is 6.35. The van der Waals surface area contributed by atoms with Gasteiger partial charge in [0, 0.05) is 18.7 Å². The molecule has 0 radical (unpaired) electrons. The lowest BCUT2D eigenvalue weighted by atomic mass is 10.0. The Bertz CT molecular complexity index is 760. The summed E-state index contributed by atoms with van der Waals surface area (Å²) >= 11 is 0. The summed E-state index contributed by atoms with van der Waals surface area (Å²) in [6, 6.07) is 9.50. The number of likely N-dealkylation sites (tertiary alicyclic amines) is 1. The highest BCUT2D eigenvalue weighted by molar-refractivity contribution is 6.34. The van der Waals surface area contributed by atoms with Crippen LogP contribution in [0, 0.1) is 29.6 Å². The maximum atomic E-state index is 12.9. The zero-order chi connectivity index (χ0) is 17.1. The van der Waals surface area contributed by atoms with E-state index in [0.29, 0.717) is 12.1 Å². The molecule has 0 saturated carbocycles. The highest BCUT2D eigenvalue weighted by Crippen LogP contribution is 2.38. The van der Waals surface area contributed by atoms with Crippen LogP contribution in [-0.4, -0.2) is 37.0 Å². The predicted octanol–water partition coefficient (Wildman–Crippen LogP) is 2.63. The topological polar surface area (TPSA) is 71.1 Å². The molecule has 24 heavy (non-hydrogen) atoms. The quantitative estimate of drug-likeness (QED) is 0.634. The molecule has 0 atom stereocenters. The number of hydrogen-bond acceptors (Lipinski definition) is 4. The zero-order valence-corrected chi connectivity index (χ0v) is 13.9. The largest absolute Gasteiger partial charge is 0.306 e. The number of anilines is 1. The van der Waals surface area contributed by atoms with Crippen LogP contribution in [0.5, 0.6) is 0 Å². The first-order chi connectivity index (χ1) is 11.7. The van der Waals surface area contributed by atoms with Crippen molar-refractivity contribution in [1.82, 2.24) is 4.90 Å². The van der Waals surface area contributed by atoms with Crippen LogP contribution in [0.4, 0.5) is 5.69 Å². The molecule has 1 aromatic carbocycles. The van der Waals surface area contributed by atoms with Crippen LogP contribution in [0.3, 0.4) is 0 Å². The summed E-state index contributed by atoms with van der Waals surface area (Å²) in [7, 11) is 0. The van der Waals surface area contributed by atoms with Gasteiger partial charge in [0.15, 0.2) is 0 Å². The lowest BCUT2D eigenvalue weighted by molar-refractivity contribution is -0.113.